The third-order valence-corrected chi connectivity index (χ3v) is 5.03. The Bertz CT molecular complexity index is 516. The number of hydrogen-bond acceptors (Lipinski definition) is 5. The molecule has 0 radical (unpaired) electrons. The van der Waals surface area contributed by atoms with Gasteiger partial charge in [0.05, 0.1) is 18.1 Å². The van der Waals surface area contributed by atoms with E-state index >= 15 is 0 Å². The lowest BCUT2D eigenvalue weighted by molar-refractivity contribution is 0.146. The van der Waals surface area contributed by atoms with Crippen molar-refractivity contribution in [3.63, 3.8) is 0 Å². The van der Waals surface area contributed by atoms with E-state index in [2.05, 4.69) is 5.32 Å². The summed E-state index contributed by atoms with van der Waals surface area (Å²) in [5.74, 6) is 1.33. The van der Waals surface area contributed by atoms with Gasteiger partial charge in [0.1, 0.15) is 22.2 Å². The highest BCUT2D eigenvalue weighted by molar-refractivity contribution is 7.91. The van der Waals surface area contributed by atoms with E-state index in [0.29, 0.717) is 26.1 Å². The summed E-state index contributed by atoms with van der Waals surface area (Å²) in [5, 5.41) is 3.37. The van der Waals surface area contributed by atoms with Crippen LogP contribution in [0.15, 0.2) is 24.3 Å². The Kier molecular flexibility index (Phi) is 5.25. The molecule has 0 saturated carbocycles. The van der Waals surface area contributed by atoms with Gasteiger partial charge in [-0.2, -0.15) is 0 Å². The molecular formula is C14H21NO4S. The van der Waals surface area contributed by atoms with Crippen molar-refractivity contribution in [2.24, 2.45) is 0 Å². The molecule has 1 fully saturated rings. The summed E-state index contributed by atoms with van der Waals surface area (Å²) < 4.78 is 33.3. The van der Waals surface area contributed by atoms with Crippen LogP contribution < -0.4 is 10.1 Å². The molecule has 1 aliphatic heterocycles. The lowest BCUT2D eigenvalue weighted by Crippen LogP contribution is -2.32. The second-order valence-corrected chi connectivity index (χ2v) is 7.24. The van der Waals surface area contributed by atoms with Crippen LogP contribution >= 0.6 is 0 Å². The first-order valence-electron chi connectivity index (χ1n) is 6.78. The molecule has 1 heterocycles. The molecule has 0 aliphatic carbocycles. The van der Waals surface area contributed by atoms with Crippen molar-refractivity contribution in [2.45, 2.75) is 18.9 Å². The van der Waals surface area contributed by atoms with Gasteiger partial charge < -0.3 is 14.8 Å². The summed E-state index contributed by atoms with van der Waals surface area (Å²) in [6.07, 6.45) is 1.33. The molecule has 0 unspecified atom stereocenters. The van der Waals surface area contributed by atoms with Gasteiger partial charge in [-0.05, 0) is 25.0 Å². The molecular weight excluding hydrogens is 278 g/mol. The molecule has 1 aromatic rings. The topological polar surface area (TPSA) is 64.6 Å². The van der Waals surface area contributed by atoms with Crippen molar-refractivity contribution in [3.8, 4) is 5.75 Å². The molecule has 1 saturated heterocycles. The van der Waals surface area contributed by atoms with Crippen molar-refractivity contribution < 1.29 is 17.9 Å². The summed E-state index contributed by atoms with van der Waals surface area (Å²) in [4.78, 5) is 0. The molecule has 2 rings (SSSR count). The molecule has 0 amide bonds. The number of nitrogens with one attached hydrogen (secondary N) is 1. The highest BCUT2D eigenvalue weighted by Crippen LogP contribution is 2.21. The molecule has 1 aromatic carbocycles. The van der Waals surface area contributed by atoms with E-state index in [1.54, 1.807) is 7.11 Å². The quantitative estimate of drug-likeness (QED) is 0.810. The van der Waals surface area contributed by atoms with E-state index in [-0.39, 0.29) is 17.5 Å². The van der Waals surface area contributed by atoms with Gasteiger partial charge in [-0.3, -0.25) is 0 Å². The number of sulfone groups is 1. The fraction of sp³-hybridized carbons (Fsp3) is 0.571. The van der Waals surface area contributed by atoms with E-state index in [9.17, 15) is 8.42 Å². The van der Waals surface area contributed by atoms with Crippen molar-refractivity contribution >= 4 is 15.5 Å². The third kappa shape index (κ3) is 4.68. The Hall–Kier alpha value is -1.27. The van der Waals surface area contributed by atoms with E-state index in [0.717, 1.165) is 11.4 Å². The van der Waals surface area contributed by atoms with Crippen molar-refractivity contribution in [3.05, 3.63) is 24.3 Å². The molecule has 20 heavy (non-hydrogen) atoms. The number of ether oxygens (including phenoxy) is 2. The van der Waals surface area contributed by atoms with Gasteiger partial charge in [0.25, 0.3) is 0 Å². The predicted molar refractivity (Wildman–Crippen MR) is 79.1 cm³/mol. The summed E-state index contributed by atoms with van der Waals surface area (Å²) in [6, 6.07) is 7.93. The maximum Gasteiger partial charge on any atom is 0.150 e. The van der Waals surface area contributed by atoms with Crippen molar-refractivity contribution in [1.82, 2.24) is 0 Å². The number of benzene rings is 1. The Morgan fingerprint density at radius 2 is 2.00 bits per heavy atom. The van der Waals surface area contributed by atoms with Crippen LogP contribution in [-0.4, -0.2) is 46.3 Å². The summed E-state index contributed by atoms with van der Waals surface area (Å²) in [5.41, 5.74) is 0.962. The maximum atomic E-state index is 11.4. The van der Waals surface area contributed by atoms with Crippen molar-refractivity contribution in [1.29, 1.82) is 0 Å². The largest absolute Gasteiger partial charge is 0.491 e. The van der Waals surface area contributed by atoms with Gasteiger partial charge in [0.15, 0.2) is 0 Å². The second kappa shape index (κ2) is 6.95. The minimum absolute atomic E-state index is 0.216. The maximum absolute atomic E-state index is 11.4. The zero-order chi connectivity index (χ0) is 14.4. The first-order chi connectivity index (χ1) is 9.59. The van der Waals surface area contributed by atoms with Crippen LogP contribution in [0, 0.1) is 0 Å². The first-order valence-corrected chi connectivity index (χ1v) is 8.60. The van der Waals surface area contributed by atoms with Gasteiger partial charge in [-0.1, -0.05) is 6.07 Å². The van der Waals surface area contributed by atoms with Crippen LogP contribution in [0.3, 0.4) is 0 Å². The minimum Gasteiger partial charge on any atom is -0.491 e. The zero-order valence-electron chi connectivity index (χ0n) is 11.7. The molecule has 0 bridgehead atoms. The van der Waals surface area contributed by atoms with Gasteiger partial charge in [-0.25, -0.2) is 8.42 Å². The summed E-state index contributed by atoms with van der Waals surface area (Å²) in [7, 11) is -1.17. The average molecular weight is 299 g/mol. The molecule has 0 aromatic heterocycles. The van der Waals surface area contributed by atoms with Crippen molar-refractivity contribution in [2.75, 3.05) is 37.1 Å². The van der Waals surface area contributed by atoms with Gasteiger partial charge in [0.2, 0.25) is 0 Å². The SMILES string of the molecule is COCCOc1cccc(NC2CCS(=O)(=O)CC2)c1. The number of hydrogen-bond donors (Lipinski definition) is 1. The molecule has 6 heteroatoms. The highest BCUT2D eigenvalue weighted by Gasteiger charge is 2.23. The smallest absolute Gasteiger partial charge is 0.150 e. The van der Waals surface area contributed by atoms with Gasteiger partial charge in [0, 0.05) is 24.9 Å². The van der Waals surface area contributed by atoms with E-state index in [1.807, 2.05) is 24.3 Å². The molecule has 0 atom stereocenters. The standard InChI is InChI=1S/C14H21NO4S/c1-18-7-8-19-14-4-2-3-13(11-14)15-12-5-9-20(16,17)10-6-12/h2-4,11-12,15H,5-10H2,1H3. The third-order valence-electron chi connectivity index (χ3n) is 3.32. The lowest BCUT2D eigenvalue weighted by atomic mass is 10.1. The van der Waals surface area contributed by atoms with E-state index in [1.165, 1.54) is 0 Å². The predicted octanol–water partition coefficient (Wildman–Crippen LogP) is 1.70. The minimum atomic E-state index is -2.81. The number of anilines is 1. The van der Waals surface area contributed by atoms with Crippen LogP contribution in [0.4, 0.5) is 5.69 Å². The second-order valence-electron chi connectivity index (χ2n) is 4.94. The molecule has 5 nitrogen and oxygen atoms in total. The lowest BCUT2D eigenvalue weighted by Gasteiger charge is -2.24. The fourth-order valence-corrected chi connectivity index (χ4v) is 3.68. The Morgan fingerprint density at radius 1 is 1.25 bits per heavy atom. The average Bonchev–Trinajstić information content (AvgIpc) is 2.42. The van der Waals surface area contributed by atoms with E-state index in [4.69, 9.17) is 9.47 Å². The van der Waals surface area contributed by atoms with Gasteiger partial charge >= 0.3 is 0 Å². The first kappa shape index (κ1) is 15.1. The van der Waals surface area contributed by atoms with E-state index < -0.39 is 9.84 Å². The normalized spacial score (nSPS) is 18.6. The van der Waals surface area contributed by atoms with Crippen LogP contribution in [0.1, 0.15) is 12.8 Å². The van der Waals surface area contributed by atoms with Crippen LogP contribution in [-0.2, 0) is 14.6 Å². The Labute approximate surface area is 120 Å². The monoisotopic (exact) mass is 299 g/mol. The Morgan fingerprint density at radius 3 is 2.70 bits per heavy atom. The summed E-state index contributed by atoms with van der Waals surface area (Å²) in [6.45, 7) is 1.07. The van der Waals surface area contributed by atoms with Gasteiger partial charge in [-0.15, -0.1) is 0 Å². The highest BCUT2D eigenvalue weighted by atomic mass is 32.2. The van der Waals surface area contributed by atoms with Crippen LogP contribution in [0.5, 0.6) is 5.75 Å². The van der Waals surface area contributed by atoms with Crippen LogP contribution in [0.25, 0.3) is 0 Å². The number of methoxy groups -OCH3 is 1. The van der Waals surface area contributed by atoms with Crippen LogP contribution in [0.2, 0.25) is 0 Å². The molecule has 1 aliphatic rings. The molecule has 112 valence electrons. The summed E-state index contributed by atoms with van der Waals surface area (Å²) >= 11 is 0. The Balaban J connectivity index is 1.88. The molecule has 0 spiro atoms. The number of rotatable bonds is 6. The fourth-order valence-electron chi connectivity index (χ4n) is 2.19. The zero-order valence-corrected chi connectivity index (χ0v) is 12.5. The molecule has 1 N–H and O–H groups in total.